The first-order chi connectivity index (χ1) is 9.24. The van der Waals surface area contributed by atoms with Crippen molar-refractivity contribution < 1.29 is 14.6 Å². The fraction of sp³-hybridized carbons (Fsp3) is 0.400. The van der Waals surface area contributed by atoms with Crippen LogP contribution in [0, 0.1) is 0 Å². The third-order valence-corrected chi connectivity index (χ3v) is 4.11. The Kier molecular flexibility index (Phi) is 5.48. The first-order valence-corrected chi connectivity index (χ1v) is 7.59. The van der Waals surface area contributed by atoms with Crippen molar-refractivity contribution in [2.75, 3.05) is 12.4 Å². The third-order valence-electron chi connectivity index (χ3n) is 2.97. The number of benzene rings is 1. The molecule has 1 saturated heterocycles. The monoisotopic (exact) mass is 278 g/mol. The highest BCUT2D eigenvalue weighted by Gasteiger charge is 2.14. The van der Waals surface area contributed by atoms with Crippen molar-refractivity contribution >= 4 is 23.8 Å². The van der Waals surface area contributed by atoms with Crippen molar-refractivity contribution in [1.29, 1.82) is 0 Å². The fourth-order valence-electron chi connectivity index (χ4n) is 2.04. The molecule has 4 heteroatoms. The topological polar surface area (TPSA) is 46.5 Å². The predicted molar refractivity (Wildman–Crippen MR) is 78.2 cm³/mol. The van der Waals surface area contributed by atoms with Crippen LogP contribution in [-0.4, -0.2) is 29.5 Å². The van der Waals surface area contributed by atoms with Gasteiger partial charge in [0.1, 0.15) is 0 Å². The van der Waals surface area contributed by atoms with Crippen LogP contribution in [0.15, 0.2) is 30.3 Å². The Labute approximate surface area is 117 Å². The Hall–Kier alpha value is -1.26. The van der Waals surface area contributed by atoms with Crippen molar-refractivity contribution in [3.8, 4) is 0 Å². The van der Waals surface area contributed by atoms with Crippen molar-refractivity contribution in [2.24, 2.45) is 0 Å². The molecule has 19 heavy (non-hydrogen) atoms. The van der Waals surface area contributed by atoms with E-state index in [0.29, 0.717) is 6.10 Å². The van der Waals surface area contributed by atoms with Crippen LogP contribution < -0.4 is 0 Å². The number of carboxylic acids is 1. The number of carbonyl (C=O) groups is 1. The smallest absolute Gasteiger partial charge is 0.328 e. The highest BCUT2D eigenvalue weighted by Crippen LogP contribution is 2.20. The molecule has 1 aliphatic rings. The molecule has 1 heterocycles. The van der Waals surface area contributed by atoms with Gasteiger partial charge in [-0.3, -0.25) is 0 Å². The summed E-state index contributed by atoms with van der Waals surface area (Å²) >= 11 is 1.87. The van der Waals surface area contributed by atoms with Gasteiger partial charge >= 0.3 is 5.97 Å². The van der Waals surface area contributed by atoms with Crippen LogP contribution >= 0.6 is 11.8 Å². The predicted octanol–water partition coefficient (Wildman–Crippen LogP) is 3.20. The van der Waals surface area contributed by atoms with Gasteiger partial charge in [-0.05, 0) is 30.0 Å². The number of hydrogen-bond donors (Lipinski definition) is 1. The van der Waals surface area contributed by atoms with E-state index >= 15 is 0 Å². The van der Waals surface area contributed by atoms with Gasteiger partial charge in [-0.1, -0.05) is 24.3 Å². The Morgan fingerprint density at radius 3 is 3.16 bits per heavy atom. The Morgan fingerprint density at radius 1 is 1.53 bits per heavy atom. The van der Waals surface area contributed by atoms with E-state index in [0.717, 1.165) is 23.7 Å². The van der Waals surface area contributed by atoms with Gasteiger partial charge in [-0.25, -0.2) is 4.79 Å². The normalized spacial score (nSPS) is 19.1. The van der Waals surface area contributed by atoms with Gasteiger partial charge in [0.25, 0.3) is 0 Å². The van der Waals surface area contributed by atoms with Gasteiger partial charge < -0.3 is 9.84 Å². The molecule has 1 atom stereocenters. The first-order valence-electron chi connectivity index (χ1n) is 6.43. The summed E-state index contributed by atoms with van der Waals surface area (Å²) in [5.41, 5.74) is 2.15. The molecule has 0 spiro atoms. The fourth-order valence-corrected chi connectivity index (χ4v) is 3.10. The second-order valence-electron chi connectivity index (χ2n) is 4.57. The van der Waals surface area contributed by atoms with Gasteiger partial charge in [-0.2, -0.15) is 11.8 Å². The number of hydrogen-bond acceptors (Lipinski definition) is 3. The molecule has 0 aromatic heterocycles. The van der Waals surface area contributed by atoms with Gasteiger partial charge in [0.15, 0.2) is 0 Å². The summed E-state index contributed by atoms with van der Waals surface area (Å²) in [4.78, 5) is 10.5. The molecule has 1 unspecified atom stereocenters. The number of thioether (sulfide) groups is 1. The Bertz CT molecular complexity index is 450. The van der Waals surface area contributed by atoms with Crippen LogP contribution in [0.2, 0.25) is 0 Å². The van der Waals surface area contributed by atoms with Gasteiger partial charge in [0.2, 0.25) is 0 Å². The molecule has 102 valence electrons. The standard InChI is InChI=1S/C15H18O3S/c16-15(17)7-6-12-3-1-4-13(9-12)10-19-11-14-5-2-8-18-14/h1,3-4,6-7,9,14H,2,5,8,10-11H2,(H,16,17)/b7-6+. The minimum absolute atomic E-state index is 0.417. The van der Waals surface area contributed by atoms with E-state index in [1.54, 1.807) is 6.08 Å². The Balaban J connectivity index is 1.82. The summed E-state index contributed by atoms with van der Waals surface area (Å²) in [6.45, 7) is 0.903. The highest BCUT2D eigenvalue weighted by molar-refractivity contribution is 7.98. The van der Waals surface area contributed by atoms with E-state index in [-0.39, 0.29) is 0 Å². The van der Waals surface area contributed by atoms with Gasteiger partial charge in [0, 0.05) is 24.2 Å². The maximum absolute atomic E-state index is 10.5. The quantitative estimate of drug-likeness (QED) is 0.812. The van der Waals surface area contributed by atoms with Crippen molar-refractivity contribution in [3.63, 3.8) is 0 Å². The van der Waals surface area contributed by atoms with Gasteiger partial charge in [-0.15, -0.1) is 0 Å². The summed E-state index contributed by atoms with van der Waals surface area (Å²) < 4.78 is 5.58. The second kappa shape index (κ2) is 7.36. The molecular formula is C15H18O3S. The van der Waals surface area contributed by atoms with Crippen molar-refractivity contribution in [3.05, 3.63) is 41.5 Å². The molecule has 0 bridgehead atoms. The Morgan fingerprint density at radius 2 is 2.42 bits per heavy atom. The van der Waals surface area contributed by atoms with Crippen molar-refractivity contribution in [1.82, 2.24) is 0 Å². The molecule has 1 N–H and O–H groups in total. The molecule has 2 rings (SSSR count). The van der Waals surface area contributed by atoms with Gasteiger partial charge in [0.05, 0.1) is 6.10 Å². The van der Waals surface area contributed by atoms with Crippen LogP contribution in [0.4, 0.5) is 0 Å². The molecule has 0 saturated carbocycles. The zero-order chi connectivity index (χ0) is 13.5. The molecular weight excluding hydrogens is 260 g/mol. The number of ether oxygens (including phenoxy) is 1. The van der Waals surface area contributed by atoms with Crippen LogP contribution in [0.1, 0.15) is 24.0 Å². The van der Waals surface area contributed by atoms with E-state index < -0.39 is 5.97 Å². The summed E-state index contributed by atoms with van der Waals surface area (Å²) in [5, 5.41) is 8.60. The number of aliphatic carboxylic acids is 1. The van der Waals surface area contributed by atoms with Crippen LogP contribution in [-0.2, 0) is 15.3 Å². The van der Waals surface area contributed by atoms with E-state index in [4.69, 9.17) is 9.84 Å². The van der Waals surface area contributed by atoms with E-state index in [1.165, 1.54) is 24.5 Å². The molecule has 0 amide bonds. The summed E-state index contributed by atoms with van der Waals surface area (Å²) in [6, 6.07) is 7.97. The van der Waals surface area contributed by atoms with Crippen LogP contribution in [0.3, 0.4) is 0 Å². The lowest BCUT2D eigenvalue weighted by Crippen LogP contribution is -2.07. The third kappa shape index (κ3) is 5.09. The maximum Gasteiger partial charge on any atom is 0.328 e. The van der Waals surface area contributed by atoms with Crippen molar-refractivity contribution in [2.45, 2.75) is 24.7 Å². The molecule has 0 aliphatic carbocycles. The van der Waals surface area contributed by atoms with Crippen LogP contribution in [0.25, 0.3) is 6.08 Å². The molecule has 1 aliphatic heterocycles. The lowest BCUT2D eigenvalue weighted by molar-refractivity contribution is -0.131. The first kappa shape index (κ1) is 14.2. The second-order valence-corrected chi connectivity index (χ2v) is 5.60. The van der Waals surface area contributed by atoms with Crippen LogP contribution in [0.5, 0.6) is 0 Å². The zero-order valence-corrected chi connectivity index (χ0v) is 11.6. The lowest BCUT2D eigenvalue weighted by Gasteiger charge is -2.08. The van der Waals surface area contributed by atoms with E-state index in [2.05, 4.69) is 6.07 Å². The molecule has 1 aromatic rings. The molecule has 1 aromatic carbocycles. The molecule has 1 fully saturated rings. The SMILES string of the molecule is O=C(O)/C=C/c1cccc(CSCC2CCCO2)c1. The largest absolute Gasteiger partial charge is 0.478 e. The summed E-state index contributed by atoms with van der Waals surface area (Å²) in [5.74, 6) is 1.06. The van der Waals surface area contributed by atoms with E-state index in [9.17, 15) is 4.79 Å². The maximum atomic E-state index is 10.5. The summed E-state index contributed by atoms with van der Waals surface area (Å²) in [6.07, 6.45) is 5.56. The average Bonchev–Trinajstić information content (AvgIpc) is 2.90. The highest BCUT2D eigenvalue weighted by atomic mass is 32.2. The zero-order valence-electron chi connectivity index (χ0n) is 10.7. The molecule has 0 radical (unpaired) electrons. The summed E-state index contributed by atoms with van der Waals surface area (Å²) in [7, 11) is 0. The minimum atomic E-state index is -0.918. The number of carboxylic acid groups (broad SMARTS) is 1. The number of rotatable bonds is 6. The van der Waals surface area contributed by atoms with E-state index in [1.807, 2.05) is 30.0 Å². The lowest BCUT2D eigenvalue weighted by atomic mass is 10.1. The average molecular weight is 278 g/mol. The molecule has 3 nitrogen and oxygen atoms in total. The minimum Gasteiger partial charge on any atom is -0.478 e.